The van der Waals surface area contributed by atoms with Crippen molar-refractivity contribution in [3.8, 4) is 11.5 Å². The number of nitrogens with one attached hydrogen (secondary N) is 1. The first kappa shape index (κ1) is 9.23. The number of ether oxygens (including phenoxy) is 2. The van der Waals surface area contributed by atoms with Crippen LogP contribution in [0.2, 0.25) is 0 Å². The van der Waals surface area contributed by atoms with Crippen LogP contribution in [0.3, 0.4) is 0 Å². The fourth-order valence-electron chi connectivity index (χ4n) is 2.01. The minimum Gasteiger partial charge on any atom is -0.493 e. The van der Waals surface area contributed by atoms with Crippen molar-refractivity contribution in [2.75, 3.05) is 13.7 Å². The molecule has 0 fully saturated rings. The average Bonchev–Trinajstić information content (AvgIpc) is 2.70. The predicted octanol–water partition coefficient (Wildman–Crippen LogP) is 3.85. The van der Waals surface area contributed by atoms with E-state index in [1.165, 1.54) is 25.3 Å². The lowest BCUT2D eigenvalue weighted by molar-refractivity contribution is 0.0981. The Hall–Kier alpha value is -2.33. The van der Waals surface area contributed by atoms with Gasteiger partial charge < -0.3 is 14.8 Å². The number of carbonyl (C=O) groups is 1. The maximum atomic E-state index is 12.7. The molecule has 128 valence electrons. The first-order valence-corrected chi connectivity index (χ1v) is 7.27. The van der Waals surface area contributed by atoms with Gasteiger partial charge in [0.15, 0.2) is 17.3 Å². The molecule has 0 aromatic heterocycles. The molecule has 0 atom stereocenters. The summed E-state index contributed by atoms with van der Waals surface area (Å²) in [6.45, 7) is -10.9. The lowest BCUT2D eigenvalue weighted by atomic mass is 10.1. The number of Topliss-reactive ketones (excluding diaryl/α,β-unsaturated/α-hetero) is 1. The summed E-state index contributed by atoms with van der Waals surface area (Å²) in [5, 5.41) is 2.04. The zero-order valence-electron chi connectivity index (χ0n) is 22.3. The van der Waals surface area contributed by atoms with Crippen molar-refractivity contribution in [2.45, 2.75) is 32.7 Å². The second-order valence-electron chi connectivity index (χ2n) is 5.17. The van der Waals surface area contributed by atoms with Gasteiger partial charge >= 0.3 is 0 Å². The van der Waals surface area contributed by atoms with E-state index in [9.17, 15) is 4.79 Å². The Morgan fingerprint density at radius 2 is 1.88 bits per heavy atom. The van der Waals surface area contributed by atoms with Gasteiger partial charge in [-0.05, 0) is 44.3 Å². The Morgan fingerprint density at radius 3 is 2.54 bits per heavy atom. The van der Waals surface area contributed by atoms with Crippen LogP contribution in [0.25, 0.3) is 0 Å². The zero-order valence-corrected chi connectivity index (χ0v) is 13.3. The molecule has 4 heteroatoms. The van der Waals surface area contributed by atoms with Gasteiger partial charge in [0.2, 0.25) is 0 Å². The number of methoxy groups -OCH3 is 1. The van der Waals surface area contributed by atoms with Crippen molar-refractivity contribution in [1.82, 2.24) is 5.32 Å². The van der Waals surface area contributed by atoms with E-state index in [0.29, 0.717) is 5.75 Å². The second-order valence-corrected chi connectivity index (χ2v) is 5.17. The Bertz CT molecular complexity index is 918. The minimum atomic E-state index is -3.45. The normalized spacial score (nSPS) is 18.3. The summed E-state index contributed by atoms with van der Waals surface area (Å²) in [6, 6.07) is 13.6. The van der Waals surface area contributed by atoms with Crippen LogP contribution < -0.4 is 14.8 Å². The van der Waals surface area contributed by atoms with Crippen LogP contribution in [0.5, 0.6) is 11.5 Å². The van der Waals surface area contributed by atoms with Gasteiger partial charge in [-0.3, -0.25) is 4.79 Å². The van der Waals surface area contributed by atoms with Crippen LogP contribution in [0, 0.1) is 0 Å². The maximum Gasteiger partial charge on any atom is 0.176 e. The molecule has 0 saturated carbocycles. The van der Waals surface area contributed by atoms with E-state index in [1.54, 1.807) is 0 Å². The van der Waals surface area contributed by atoms with Gasteiger partial charge in [0.25, 0.3) is 0 Å². The molecule has 0 bridgehead atoms. The highest BCUT2D eigenvalue weighted by molar-refractivity contribution is 5.98. The number of ketones is 1. The largest absolute Gasteiger partial charge is 0.493 e. The van der Waals surface area contributed by atoms with Crippen molar-refractivity contribution in [3.05, 3.63) is 59.7 Å². The van der Waals surface area contributed by atoms with Crippen LogP contribution >= 0.6 is 0 Å². The third-order valence-corrected chi connectivity index (χ3v) is 3.24. The molecule has 0 aliphatic rings. The fourth-order valence-corrected chi connectivity index (χ4v) is 2.01. The molecule has 0 aliphatic carbocycles. The van der Waals surface area contributed by atoms with E-state index in [1.807, 2.05) is 35.6 Å². The van der Waals surface area contributed by atoms with Crippen LogP contribution in [0.1, 0.15) is 48.8 Å². The molecule has 2 aromatic rings. The molecule has 0 spiro atoms. The van der Waals surface area contributed by atoms with Crippen molar-refractivity contribution in [1.29, 1.82) is 0 Å². The highest BCUT2D eigenvalue weighted by Gasteiger charge is 2.15. The van der Waals surface area contributed by atoms with Crippen LogP contribution in [-0.4, -0.2) is 25.0 Å². The summed E-state index contributed by atoms with van der Waals surface area (Å²) in [6.07, 6.45) is 0. The summed E-state index contributed by atoms with van der Waals surface area (Å²) in [7, 11) is 1.38. The first-order chi connectivity index (χ1) is 15.1. The van der Waals surface area contributed by atoms with Gasteiger partial charge in [0, 0.05) is 23.4 Å². The third kappa shape index (κ3) is 5.39. The molecule has 0 saturated heterocycles. The van der Waals surface area contributed by atoms with Gasteiger partial charge in [0.05, 0.1) is 13.7 Å². The van der Waals surface area contributed by atoms with E-state index in [0.717, 1.165) is 5.56 Å². The first-order valence-electron chi connectivity index (χ1n) is 11.8. The van der Waals surface area contributed by atoms with Crippen LogP contribution in [0.15, 0.2) is 48.5 Å². The summed E-state index contributed by atoms with van der Waals surface area (Å²) in [4.78, 5) is 12.7. The topological polar surface area (TPSA) is 47.6 Å². The van der Waals surface area contributed by atoms with Crippen molar-refractivity contribution < 1.29 is 26.6 Å². The smallest absolute Gasteiger partial charge is 0.176 e. The Labute approximate surface area is 156 Å². The van der Waals surface area contributed by atoms with Crippen molar-refractivity contribution in [2.24, 2.45) is 0 Å². The fraction of sp³-hybridized carbons (Fsp3) is 0.350. The van der Waals surface area contributed by atoms with Crippen LogP contribution in [-0.2, 0) is 6.61 Å². The zero-order chi connectivity index (χ0) is 25.1. The number of rotatable bonds is 7. The Kier molecular flexibility index (Phi) is 3.07. The summed E-state index contributed by atoms with van der Waals surface area (Å²) in [5.74, 6) is -0.136. The minimum absolute atomic E-state index is 0.0573. The van der Waals surface area contributed by atoms with E-state index >= 15 is 0 Å². The van der Waals surface area contributed by atoms with Crippen LogP contribution in [0.4, 0.5) is 0 Å². The second kappa shape index (κ2) is 7.97. The molecule has 4 nitrogen and oxygen atoms in total. The standard InChI is InChI=1S/C20H25NO3/c1-20(2,3)21-13-17(22)16-10-11-18(19(12-16)23-4)24-14-15-8-6-5-7-9-15/h5-12,21H,13-14H2,1-4H3/i1D3,2D3,3D3. The highest BCUT2D eigenvalue weighted by Crippen LogP contribution is 2.29. The molecule has 0 aliphatic heterocycles. The molecule has 0 amide bonds. The lowest BCUT2D eigenvalue weighted by Gasteiger charge is -2.20. The molecule has 0 radical (unpaired) electrons. The summed E-state index contributed by atoms with van der Waals surface area (Å²) in [5.41, 5.74) is -2.31. The lowest BCUT2D eigenvalue weighted by Crippen LogP contribution is -2.39. The summed E-state index contributed by atoms with van der Waals surface area (Å²) >= 11 is 0. The van der Waals surface area contributed by atoms with E-state index < -0.39 is 38.4 Å². The Morgan fingerprint density at radius 1 is 1.12 bits per heavy atom. The van der Waals surface area contributed by atoms with E-state index in [-0.39, 0.29) is 17.9 Å². The number of carbonyl (C=O) groups excluding carboxylic acids is 1. The Balaban J connectivity index is 2.24. The molecule has 1 N–H and O–H groups in total. The highest BCUT2D eigenvalue weighted by atomic mass is 16.5. The predicted molar refractivity (Wildman–Crippen MR) is 95.9 cm³/mol. The number of benzene rings is 2. The van der Waals surface area contributed by atoms with Gasteiger partial charge in [-0.2, -0.15) is 0 Å². The van der Waals surface area contributed by atoms with Gasteiger partial charge in [-0.15, -0.1) is 0 Å². The molecule has 0 heterocycles. The summed E-state index contributed by atoms with van der Waals surface area (Å²) < 4.78 is 79.5. The molecule has 2 rings (SSSR count). The number of hydrogen-bond donors (Lipinski definition) is 1. The van der Waals surface area contributed by atoms with Crippen molar-refractivity contribution >= 4 is 5.78 Å². The molecule has 0 unspecified atom stereocenters. The molecule has 2 aromatic carbocycles. The SMILES string of the molecule is [2H]C([2H])([2H])C(NCC(=O)c1ccc(OCc2ccccc2)c(OC)c1)(C([2H])([2H])[2H])C([2H])([2H])[2H]. The van der Waals surface area contributed by atoms with Gasteiger partial charge in [-0.1, -0.05) is 30.3 Å². The molecular formula is C20H25NO3. The number of hydrogen-bond acceptors (Lipinski definition) is 4. The molecular weight excluding hydrogens is 302 g/mol. The quantitative estimate of drug-likeness (QED) is 0.780. The van der Waals surface area contributed by atoms with E-state index in [4.69, 9.17) is 21.8 Å². The average molecular weight is 336 g/mol. The maximum absolute atomic E-state index is 12.7. The van der Waals surface area contributed by atoms with Gasteiger partial charge in [-0.25, -0.2) is 0 Å². The monoisotopic (exact) mass is 336 g/mol. The van der Waals surface area contributed by atoms with Gasteiger partial charge in [0.1, 0.15) is 6.61 Å². The van der Waals surface area contributed by atoms with E-state index in [2.05, 4.69) is 0 Å². The van der Waals surface area contributed by atoms with Crippen molar-refractivity contribution in [3.63, 3.8) is 0 Å². The third-order valence-electron chi connectivity index (χ3n) is 3.24. The molecule has 24 heavy (non-hydrogen) atoms.